The van der Waals surface area contributed by atoms with Crippen LogP contribution in [0.25, 0.3) is 0 Å². The van der Waals surface area contributed by atoms with E-state index in [1.54, 1.807) is 17.7 Å². The molecular formula is C6H6N2O2S2. The lowest BCUT2D eigenvalue weighted by Gasteiger charge is -2.11. The van der Waals surface area contributed by atoms with Gasteiger partial charge < -0.3 is 5.32 Å². The molecule has 0 bridgehead atoms. The summed E-state index contributed by atoms with van der Waals surface area (Å²) in [4.78, 5) is 0.276. The minimum absolute atomic E-state index is 0.276. The van der Waals surface area contributed by atoms with E-state index in [4.69, 9.17) is 0 Å². The first-order valence-corrected chi connectivity index (χ1v) is 5.63. The Hall–Kier alpha value is -0.880. The van der Waals surface area contributed by atoms with Gasteiger partial charge >= 0.3 is 0 Å². The smallest absolute Gasteiger partial charge is 0.286 e. The number of nitrogens with zero attached hydrogens (tertiary/aromatic N) is 1. The second kappa shape index (κ2) is 2.30. The van der Waals surface area contributed by atoms with Gasteiger partial charge in [0.2, 0.25) is 0 Å². The molecule has 6 heteroatoms. The number of hydrogen-bond acceptors (Lipinski definition) is 4. The van der Waals surface area contributed by atoms with Crippen molar-refractivity contribution in [3.8, 4) is 0 Å². The van der Waals surface area contributed by atoms with E-state index in [-0.39, 0.29) is 4.90 Å². The van der Waals surface area contributed by atoms with Crippen molar-refractivity contribution >= 4 is 32.9 Å². The van der Waals surface area contributed by atoms with Crippen LogP contribution < -0.4 is 5.32 Å². The third kappa shape index (κ3) is 1.03. The van der Waals surface area contributed by atoms with Gasteiger partial charge in [0, 0.05) is 10.8 Å². The fourth-order valence-corrected chi connectivity index (χ4v) is 3.28. The van der Waals surface area contributed by atoms with Crippen molar-refractivity contribution in [2.24, 2.45) is 4.40 Å². The van der Waals surface area contributed by atoms with Crippen LogP contribution in [0.15, 0.2) is 20.1 Å². The highest BCUT2D eigenvalue weighted by Crippen LogP contribution is 2.30. The number of hydrogen-bond donors (Lipinski definition) is 1. The Morgan fingerprint density at radius 3 is 3.00 bits per heavy atom. The number of thiophene rings is 1. The summed E-state index contributed by atoms with van der Waals surface area (Å²) in [6, 6.07) is 0. The highest BCUT2D eigenvalue weighted by atomic mass is 32.2. The SMILES string of the molecule is CC1=NS(=O)(=O)c2cscc2N1. The van der Waals surface area contributed by atoms with Crippen molar-refractivity contribution < 1.29 is 8.42 Å². The van der Waals surface area contributed by atoms with Crippen LogP contribution in [0, 0.1) is 0 Å². The predicted molar refractivity (Wildman–Crippen MR) is 48.2 cm³/mol. The monoisotopic (exact) mass is 202 g/mol. The number of anilines is 1. The molecule has 64 valence electrons. The number of fused-ring (bicyclic) bond motifs is 1. The zero-order chi connectivity index (χ0) is 8.77. The minimum Gasteiger partial charge on any atom is -0.341 e. The zero-order valence-corrected chi connectivity index (χ0v) is 7.87. The number of sulfonamides is 1. The third-order valence-corrected chi connectivity index (χ3v) is 3.78. The van der Waals surface area contributed by atoms with Crippen molar-refractivity contribution in [3.63, 3.8) is 0 Å². The fraction of sp³-hybridized carbons (Fsp3) is 0.167. The molecule has 0 saturated carbocycles. The average molecular weight is 202 g/mol. The van der Waals surface area contributed by atoms with Crippen molar-refractivity contribution in [1.29, 1.82) is 0 Å². The summed E-state index contributed by atoms with van der Waals surface area (Å²) in [5, 5.41) is 6.21. The van der Waals surface area contributed by atoms with Crippen LogP contribution in [0.3, 0.4) is 0 Å². The minimum atomic E-state index is -3.41. The Balaban J connectivity index is 2.72. The highest BCUT2D eigenvalue weighted by molar-refractivity contribution is 7.90. The largest absolute Gasteiger partial charge is 0.341 e. The first kappa shape index (κ1) is 7.75. The Kier molecular flexibility index (Phi) is 1.49. The molecule has 0 atom stereocenters. The Labute approximate surface area is 74.0 Å². The van der Waals surface area contributed by atoms with E-state index >= 15 is 0 Å². The maximum absolute atomic E-state index is 11.3. The van der Waals surface area contributed by atoms with Crippen molar-refractivity contribution in [2.45, 2.75) is 11.8 Å². The summed E-state index contributed by atoms with van der Waals surface area (Å²) in [6.07, 6.45) is 0. The summed E-state index contributed by atoms with van der Waals surface area (Å²) in [5.74, 6) is 0.418. The van der Waals surface area contributed by atoms with Gasteiger partial charge in [0.1, 0.15) is 10.7 Å². The molecule has 1 aliphatic rings. The van der Waals surface area contributed by atoms with Crippen LogP contribution in [-0.4, -0.2) is 14.3 Å². The van der Waals surface area contributed by atoms with Crippen LogP contribution in [0.5, 0.6) is 0 Å². The highest BCUT2D eigenvalue weighted by Gasteiger charge is 2.23. The average Bonchev–Trinajstić information content (AvgIpc) is 2.32. The quantitative estimate of drug-likeness (QED) is 0.689. The van der Waals surface area contributed by atoms with Gasteiger partial charge in [0.15, 0.2) is 0 Å². The van der Waals surface area contributed by atoms with Crippen LogP contribution in [0.2, 0.25) is 0 Å². The lowest BCUT2D eigenvalue weighted by atomic mass is 10.5. The molecule has 0 radical (unpaired) electrons. The summed E-state index contributed by atoms with van der Waals surface area (Å²) in [7, 11) is -3.41. The van der Waals surface area contributed by atoms with Crippen LogP contribution in [-0.2, 0) is 10.0 Å². The number of nitrogens with one attached hydrogen (secondary N) is 1. The molecule has 1 aromatic heterocycles. The van der Waals surface area contributed by atoms with Gasteiger partial charge in [-0.1, -0.05) is 0 Å². The lowest BCUT2D eigenvalue weighted by Crippen LogP contribution is -2.16. The van der Waals surface area contributed by atoms with Gasteiger partial charge in [0.25, 0.3) is 10.0 Å². The van der Waals surface area contributed by atoms with E-state index < -0.39 is 10.0 Å². The molecule has 0 amide bonds. The zero-order valence-electron chi connectivity index (χ0n) is 6.23. The molecule has 1 N–H and O–H groups in total. The fourth-order valence-electron chi connectivity index (χ4n) is 1.02. The van der Waals surface area contributed by atoms with Gasteiger partial charge in [-0.15, -0.1) is 15.7 Å². The van der Waals surface area contributed by atoms with Gasteiger partial charge in [0.05, 0.1) is 5.69 Å². The molecule has 12 heavy (non-hydrogen) atoms. The van der Waals surface area contributed by atoms with Gasteiger partial charge in [-0.2, -0.15) is 8.42 Å². The molecule has 0 spiro atoms. The topological polar surface area (TPSA) is 58.5 Å². The van der Waals surface area contributed by atoms with Gasteiger partial charge in [-0.3, -0.25) is 0 Å². The summed E-state index contributed by atoms with van der Waals surface area (Å²) >= 11 is 1.34. The molecule has 0 saturated heterocycles. The Morgan fingerprint density at radius 2 is 2.25 bits per heavy atom. The molecule has 1 aromatic rings. The summed E-state index contributed by atoms with van der Waals surface area (Å²) in [6.45, 7) is 1.62. The molecule has 0 fully saturated rings. The maximum Gasteiger partial charge on any atom is 0.286 e. The van der Waals surface area contributed by atoms with Crippen molar-refractivity contribution in [1.82, 2.24) is 0 Å². The van der Waals surface area contributed by atoms with Crippen molar-refractivity contribution in [2.75, 3.05) is 5.32 Å². The van der Waals surface area contributed by atoms with E-state index in [1.165, 1.54) is 11.3 Å². The molecule has 1 aliphatic heterocycles. The standard InChI is InChI=1S/C6H6N2O2S2/c1-4-7-5-2-11-3-6(5)12(9,10)8-4/h2-3H,1H3,(H,7,8). The van der Waals surface area contributed by atoms with Gasteiger partial charge in [-0.25, -0.2) is 0 Å². The molecule has 4 nitrogen and oxygen atoms in total. The lowest BCUT2D eigenvalue weighted by molar-refractivity contribution is 0.598. The van der Waals surface area contributed by atoms with Gasteiger partial charge in [-0.05, 0) is 6.92 Å². The molecular weight excluding hydrogens is 196 g/mol. The number of amidine groups is 1. The number of rotatable bonds is 0. The van der Waals surface area contributed by atoms with Crippen LogP contribution in [0.4, 0.5) is 5.69 Å². The van der Waals surface area contributed by atoms with E-state index in [0.29, 0.717) is 11.5 Å². The molecule has 2 heterocycles. The second-order valence-corrected chi connectivity index (χ2v) is 4.74. The predicted octanol–water partition coefficient (Wildman–Crippen LogP) is 1.28. The summed E-state index contributed by atoms with van der Waals surface area (Å²) in [5.41, 5.74) is 0.632. The Morgan fingerprint density at radius 1 is 1.50 bits per heavy atom. The normalized spacial score (nSPS) is 19.2. The van der Waals surface area contributed by atoms with Crippen molar-refractivity contribution in [3.05, 3.63) is 10.8 Å². The Bertz CT molecular complexity index is 444. The second-order valence-electron chi connectivity index (χ2n) is 2.43. The van der Waals surface area contributed by atoms with E-state index in [2.05, 4.69) is 9.71 Å². The third-order valence-electron chi connectivity index (χ3n) is 1.48. The summed E-state index contributed by atoms with van der Waals surface area (Å²) < 4.78 is 26.2. The van der Waals surface area contributed by atoms with Crippen LogP contribution in [0.1, 0.15) is 6.92 Å². The molecule has 2 rings (SSSR count). The van der Waals surface area contributed by atoms with E-state index in [1.807, 2.05) is 0 Å². The molecule has 0 aliphatic carbocycles. The maximum atomic E-state index is 11.3. The first-order chi connectivity index (χ1) is 5.59. The van der Waals surface area contributed by atoms with E-state index in [0.717, 1.165) is 0 Å². The first-order valence-electron chi connectivity index (χ1n) is 3.24. The molecule has 0 unspecified atom stereocenters. The van der Waals surface area contributed by atoms with Crippen LogP contribution >= 0.6 is 11.3 Å². The van der Waals surface area contributed by atoms with E-state index in [9.17, 15) is 8.42 Å². The molecule has 0 aromatic carbocycles.